The molecule has 0 fully saturated rings. The largest absolute Gasteiger partial charge is 0.493 e. The lowest BCUT2D eigenvalue weighted by Crippen LogP contribution is -2.05. The molecule has 0 heterocycles. The van der Waals surface area contributed by atoms with Gasteiger partial charge in [0, 0.05) is 22.5 Å². The van der Waals surface area contributed by atoms with Crippen molar-refractivity contribution >= 4 is 33.9 Å². The highest BCUT2D eigenvalue weighted by atomic mass is 79.9. The molecule has 1 rings (SSSR count). The first-order valence-electron chi connectivity index (χ1n) is 5.93. The summed E-state index contributed by atoms with van der Waals surface area (Å²) in [6, 6.07) is 5.30. The number of benzene rings is 1. The summed E-state index contributed by atoms with van der Waals surface area (Å²) < 4.78 is 10.9. The highest BCUT2D eigenvalue weighted by Crippen LogP contribution is 2.24. The van der Waals surface area contributed by atoms with Gasteiger partial charge in [0.05, 0.1) is 13.7 Å². The van der Waals surface area contributed by atoms with Crippen LogP contribution in [0, 0.1) is 0 Å². The normalized spacial score (nSPS) is 10.5. The number of methoxy groups -OCH3 is 1. The maximum absolute atomic E-state index is 11.0. The first-order chi connectivity index (χ1) is 9.52. The average molecular weight is 343 g/mol. The van der Waals surface area contributed by atoms with Crippen LogP contribution in [0.4, 0.5) is 0 Å². The van der Waals surface area contributed by atoms with Crippen molar-refractivity contribution in [3.8, 4) is 5.75 Å². The fourth-order valence-corrected chi connectivity index (χ4v) is 1.82. The third-order valence-electron chi connectivity index (χ3n) is 2.39. The smallest absolute Gasteiger partial charge is 0.328 e. The Hall–Kier alpha value is -1.82. The third-order valence-corrected chi connectivity index (χ3v) is 2.88. The molecule has 1 aromatic carbocycles. The Kier molecular flexibility index (Phi) is 6.79. The van der Waals surface area contributed by atoms with Gasteiger partial charge in [-0.2, -0.15) is 0 Å². The van der Waals surface area contributed by atoms with Gasteiger partial charge >= 0.3 is 11.9 Å². The van der Waals surface area contributed by atoms with E-state index in [0.717, 1.165) is 10.5 Å². The number of aliphatic carboxylic acids is 1. The van der Waals surface area contributed by atoms with Crippen LogP contribution in [-0.2, 0) is 14.3 Å². The van der Waals surface area contributed by atoms with Crippen molar-refractivity contribution in [2.24, 2.45) is 0 Å². The van der Waals surface area contributed by atoms with E-state index in [1.807, 2.05) is 0 Å². The van der Waals surface area contributed by atoms with E-state index in [1.54, 1.807) is 18.2 Å². The van der Waals surface area contributed by atoms with Gasteiger partial charge in [0.25, 0.3) is 0 Å². The number of carboxylic acid groups (broad SMARTS) is 1. The lowest BCUT2D eigenvalue weighted by atomic mass is 10.2. The quantitative estimate of drug-likeness (QED) is 0.468. The zero-order valence-corrected chi connectivity index (χ0v) is 12.6. The highest BCUT2D eigenvalue weighted by molar-refractivity contribution is 9.10. The second-order valence-electron chi connectivity index (χ2n) is 3.88. The summed E-state index contributed by atoms with van der Waals surface area (Å²) in [5, 5.41) is 8.65. The molecule has 1 N–H and O–H groups in total. The maximum atomic E-state index is 11.0. The van der Waals surface area contributed by atoms with E-state index in [0.29, 0.717) is 24.3 Å². The molecule has 0 amide bonds. The molecule has 0 aliphatic carbocycles. The van der Waals surface area contributed by atoms with Gasteiger partial charge in [0.1, 0.15) is 5.75 Å². The summed E-state index contributed by atoms with van der Waals surface area (Å²) >= 11 is 3.32. The van der Waals surface area contributed by atoms with Gasteiger partial charge < -0.3 is 14.6 Å². The lowest BCUT2D eigenvalue weighted by molar-refractivity contribution is -0.140. The Balaban J connectivity index is 2.64. The minimum Gasteiger partial charge on any atom is -0.493 e. The first-order valence-corrected chi connectivity index (χ1v) is 6.72. The van der Waals surface area contributed by atoms with E-state index in [9.17, 15) is 9.59 Å². The molecule has 0 saturated heterocycles. The van der Waals surface area contributed by atoms with Crippen molar-refractivity contribution < 1.29 is 24.2 Å². The summed E-state index contributed by atoms with van der Waals surface area (Å²) in [6.45, 7) is 0.352. The summed E-state index contributed by atoms with van der Waals surface area (Å²) in [7, 11) is 1.34. The Morgan fingerprint density at radius 3 is 2.80 bits per heavy atom. The molecule has 0 aliphatic heterocycles. The molecule has 6 heteroatoms. The fraction of sp³-hybridized carbons (Fsp3) is 0.286. The number of halogens is 1. The van der Waals surface area contributed by atoms with Gasteiger partial charge in [-0.25, -0.2) is 4.79 Å². The summed E-state index contributed by atoms with van der Waals surface area (Å²) in [6.07, 6.45) is 3.32. The van der Waals surface area contributed by atoms with E-state index < -0.39 is 5.97 Å². The van der Waals surface area contributed by atoms with Crippen LogP contribution >= 0.6 is 15.9 Å². The number of ether oxygens (including phenoxy) is 2. The van der Waals surface area contributed by atoms with Crippen molar-refractivity contribution in [2.45, 2.75) is 12.8 Å². The van der Waals surface area contributed by atoms with Crippen molar-refractivity contribution in [3.63, 3.8) is 0 Å². The van der Waals surface area contributed by atoms with Gasteiger partial charge in [-0.3, -0.25) is 4.79 Å². The van der Waals surface area contributed by atoms with Crippen LogP contribution in [0.3, 0.4) is 0 Å². The number of carbonyl (C=O) groups is 2. The second-order valence-corrected chi connectivity index (χ2v) is 4.80. The molecule has 0 spiro atoms. The zero-order chi connectivity index (χ0) is 15.0. The molecule has 0 aromatic heterocycles. The number of carbonyl (C=O) groups excluding carboxylic acids is 1. The van der Waals surface area contributed by atoms with Crippen molar-refractivity contribution in [2.75, 3.05) is 13.7 Å². The molecule has 108 valence electrons. The monoisotopic (exact) mass is 342 g/mol. The Bertz CT molecular complexity index is 510. The molecule has 0 unspecified atom stereocenters. The molecule has 0 saturated carbocycles. The fourth-order valence-electron chi connectivity index (χ4n) is 1.44. The van der Waals surface area contributed by atoms with Gasteiger partial charge in [-0.15, -0.1) is 0 Å². The number of hydrogen-bond acceptors (Lipinski definition) is 4. The molecular formula is C14H15BrO5. The predicted molar refractivity (Wildman–Crippen MR) is 77.6 cm³/mol. The predicted octanol–water partition coefficient (Wildman–Crippen LogP) is 2.88. The van der Waals surface area contributed by atoms with Crippen molar-refractivity contribution in [3.05, 3.63) is 34.3 Å². The molecule has 0 bridgehead atoms. The van der Waals surface area contributed by atoms with Gasteiger partial charge in [-0.1, -0.05) is 15.9 Å². The second kappa shape index (κ2) is 8.37. The van der Waals surface area contributed by atoms with Crippen LogP contribution in [0.2, 0.25) is 0 Å². The highest BCUT2D eigenvalue weighted by Gasteiger charge is 2.04. The molecule has 0 aliphatic rings. The third kappa shape index (κ3) is 5.88. The molecule has 20 heavy (non-hydrogen) atoms. The minimum atomic E-state index is -1.03. The Morgan fingerprint density at radius 1 is 1.40 bits per heavy atom. The standard InChI is InChI=1S/C14H15BrO5/c1-19-14(18)3-2-8-20-12-6-5-11(15)9-10(12)4-7-13(16)17/h4-7,9H,2-3,8H2,1H3,(H,16,17)/b7-4+. The van der Waals surface area contributed by atoms with Crippen molar-refractivity contribution in [1.82, 2.24) is 0 Å². The SMILES string of the molecule is COC(=O)CCCOc1ccc(Br)cc1/C=C/C(=O)O. The molecule has 0 atom stereocenters. The first kappa shape index (κ1) is 16.2. The van der Waals surface area contributed by atoms with E-state index >= 15 is 0 Å². The minimum absolute atomic E-state index is 0.282. The summed E-state index contributed by atoms with van der Waals surface area (Å²) in [4.78, 5) is 21.5. The molecule has 5 nitrogen and oxygen atoms in total. The van der Waals surface area contributed by atoms with Gasteiger partial charge in [0.2, 0.25) is 0 Å². The average Bonchev–Trinajstić information content (AvgIpc) is 2.42. The van der Waals surface area contributed by atoms with Gasteiger partial charge in [0.15, 0.2) is 0 Å². The van der Waals surface area contributed by atoms with Crippen LogP contribution in [0.15, 0.2) is 28.7 Å². The number of carboxylic acids is 1. The van der Waals surface area contributed by atoms with Crippen LogP contribution < -0.4 is 4.74 Å². The number of esters is 1. The van der Waals surface area contributed by atoms with E-state index in [2.05, 4.69) is 20.7 Å². The van der Waals surface area contributed by atoms with E-state index in [-0.39, 0.29) is 12.4 Å². The van der Waals surface area contributed by atoms with Crippen LogP contribution in [0.1, 0.15) is 18.4 Å². The number of rotatable bonds is 7. The molecular weight excluding hydrogens is 328 g/mol. The molecule has 0 radical (unpaired) electrons. The topological polar surface area (TPSA) is 72.8 Å². The Labute approximate surface area is 125 Å². The lowest BCUT2D eigenvalue weighted by Gasteiger charge is -2.09. The van der Waals surface area contributed by atoms with Crippen LogP contribution in [0.25, 0.3) is 6.08 Å². The number of hydrogen-bond donors (Lipinski definition) is 1. The van der Waals surface area contributed by atoms with Gasteiger partial charge in [-0.05, 0) is 30.7 Å². The summed E-state index contributed by atoms with van der Waals surface area (Å²) in [5.74, 6) is -0.743. The maximum Gasteiger partial charge on any atom is 0.328 e. The van der Waals surface area contributed by atoms with Crippen molar-refractivity contribution in [1.29, 1.82) is 0 Å². The van der Waals surface area contributed by atoms with Crippen LogP contribution in [0.5, 0.6) is 5.75 Å². The van der Waals surface area contributed by atoms with E-state index in [1.165, 1.54) is 13.2 Å². The van der Waals surface area contributed by atoms with E-state index in [4.69, 9.17) is 9.84 Å². The van der Waals surface area contributed by atoms with Crippen LogP contribution in [-0.4, -0.2) is 30.8 Å². The zero-order valence-electron chi connectivity index (χ0n) is 11.0. The Morgan fingerprint density at radius 2 is 2.15 bits per heavy atom. The molecule has 1 aromatic rings. The summed E-state index contributed by atoms with van der Waals surface area (Å²) in [5.41, 5.74) is 0.653.